The Labute approximate surface area is 143 Å². The van der Waals surface area contributed by atoms with Crippen molar-refractivity contribution in [3.8, 4) is 0 Å². The monoisotopic (exact) mass is 341 g/mol. The number of hydrogen-bond donors (Lipinski definition) is 2. The van der Waals surface area contributed by atoms with Crippen LogP contribution in [0.3, 0.4) is 0 Å². The van der Waals surface area contributed by atoms with E-state index in [9.17, 15) is 4.79 Å². The summed E-state index contributed by atoms with van der Waals surface area (Å²) in [6, 6.07) is 11.7. The first-order chi connectivity index (χ1) is 9.79. The average Bonchev–Trinajstić information content (AvgIpc) is 2.49. The number of anilines is 1. The number of nitrogens with zero attached hydrogens (tertiary/aromatic N) is 1. The quantitative estimate of drug-likeness (QED) is 0.848. The van der Waals surface area contributed by atoms with E-state index in [-0.39, 0.29) is 30.7 Å². The molecule has 0 bridgehead atoms. The lowest BCUT2D eigenvalue weighted by Gasteiger charge is -2.10. The molecular formula is C16H21Cl2N3O. The predicted molar refractivity (Wildman–Crippen MR) is 94.9 cm³/mol. The van der Waals surface area contributed by atoms with Gasteiger partial charge in [-0.3, -0.25) is 9.78 Å². The third kappa shape index (κ3) is 6.43. The third-order valence-corrected chi connectivity index (χ3v) is 3.05. The standard InChI is InChI=1S/C16H19N3O.2ClH/c1-17-12-14-4-2-3-5-15(14)19-16(20)7-6-13-8-10-18-11-9-13;;/h2-5,8-11,17H,6-7,12H2,1H3,(H,19,20);2*1H. The number of aromatic nitrogens is 1. The van der Waals surface area contributed by atoms with Gasteiger partial charge in [0.15, 0.2) is 0 Å². The van der Waals surface area contributed by atoms with Gasteiger partial charge >= 0.3 is 0 Å². The van der Waals surface area contributed by atoms with Crippen molar-refractivity contribution in [1.29, 1.82) is 0 Å². The molecule has 1 aromatic heterocycles. The topological polar surface area (TPSA) is 54.0 Å². The zero-order valence-electron chi connectivity index (χ0n) is 12.4. The van der Waals surface area contributed by atoms with E-state index >= 15 is 0 Å². The van der Waals surface area contributed by atoms with E-state index in [1.165, 1.54) is 0 Å². The highest BCUT2D eigenvalue weighted by atomic mass is 35.5. The Morgan fingerprint density at radius 2 is 1.77 bits per heavy atom. The molecule has 1 amide bonds. The first-order valence-corrected chi connectivity index (χ1v) is 6.71. The number of hydrogen-bond acceptors (Lipinski definition) is 3. The van der Waals surface area contributed by atoms with E-state index in [1.54, 1.807) is 12.4 Å². The molecule has 1 heterocycles. The van der Waals surface area contributed by atoms with Gasteiger partial charge in [-0.15, -0.1) is 24.8 Å². The largest absolute Gasteiger partial charge is 0.326 e. The predicted octanol–water partition coefficient (Wildman–Crippen LogP) is 3.22. The van der Waals surface area contributed by atoms with Gasteiger partial charge < -0.3 is 10.6 Å². The molecule has 0 radical (unpaired) electrons. The Morgan fingerprint density at radius 1 is 1.09 bits per heavy atom. The minimum absolute atomic E-state index is 0. The van der Waals surface area contributed by atoms with Crippen LogP contribution in [0.5, 0.6) is 0 Å². The number of rotatable bonds is 6. The summed E-state index contributed by atoms with van der Waals surface area (Å²) < 4.78 is 0. The van der Waals surface area contributed by atoms with E-state index in [1.807, 2.05) is 43.4 Å². The maximum atomic E-state index is 12.0. The summed E-state index contributed by atoms with van der Waals surface area (Å²) in [6.07, 6.45) is 4.69. The van der Waals surface area contributed by atoms with Crippen LogP contribution in [0.2, 0.25) is 0 Å². The second-order valence-electron chi connectivity index (χ2n) is 4.59. The molecule has 6 heteroatoms. The number of benzene rings is 1. The van der Waals surface area contributed by atoms with E-state index in [2.05, 4.69) is 15.6 Å². The Hall–Kier alpha value is -1.62. The number of carbonyl (C=O) groups excluding carboxylic acids is 1. The number of para-hydroxylation sites is 1. The summed E-state index contributed by atoms with van der Waals surface area (Å²) in [5.41, 5.74) is 3.09. The van der Waals surface area contributed by atoms with Crippen molar-refractivity contribution in [3.63, 3.8) is 0 Å². The van der Waals surface area contributed by atoms with Gasteiger partial charge in [0.1, 0.15) is 0 Å². The Balaban J connectivity index is 0.00000220. The molecule has 0 saturated heterocycles. The highest BCUT2D eigenvalue weighted by Gasteiger charge is 2.06. The smallest absolute Gasteiger partial charge is 0.224 e. The number of aryl methyl sites for hydroxylation is 1. The maximum Gasteiger partial charge on any atom is 0.224 e. The van der Waals surface area contributed by atoms with Crippen molar-refractivity contribution in [2.75, 3.05) is 12.4 Å². The summed E-state index contributed by atoms with van der Waals surface area (Å²) in [7, 11) is 1.89. The second-order valence-corrected chi connectivity index (χ2v) is 4.59. The van der Waals surface area contributed by atoms with Gasteiger partial charge in [-0.25, -0.2) is 0 Å². The Morgan fingerprint density at radius 3 is 2.45 bits per heavy atom. The molecule has 2 N–H and O–H groups in total. The zero-order valence-corrected chi connectivity index (χ0v) is 14.0. The minimum Gasteiger partial charge on any atom is -0.326 e. The molecule has 0 aliphatic carbocycles. The molecule has 0 saturated carbocycles. The first-order valence-electron chi connectivity index (χ1n) is 6.71. The average molecular weight is 342 g/mol. The van der Waals surface area contributed by atoms with Gasteiger partial charge in [-0.2, -0.15) is 0 Å². The molecule has 120 valence electrons. The number of amides is 1. The van der Waals surface area contributed by atoms with Crippen molar-refractivity contribution in [2.24, 2.45) is 0 Å². The molecular weight excluding hydrogens is 321 g/mol. The molecule has 0 aliphatic heterocycles. The molecule has 2 aromatic rings. The summed E-state index contributed by atoms with van der Waals surface area (Å²) in [5, 5.41) is 6.07. The van der Waals surface area contributed by atoms with Crippen LogP contribution in [-0.4, -0.2) is 17.9 Å². The molecule has 0 spiro atoms. The number of pyridine rings is 1. The summed E-state index contributed by atoms with van der Waals surface area (Å²) in [6.45, 7) is 0.737. The van der Waals surface area contributed by atoms with Crippen LogP contribution in [0.1, 0.15) is 17.5 Å². The van der Waals surface area contributed by atoms with E-state index < -0.39 is 0 Å². The van der Waals surface area contributed by atoms with Crippen LogP contribution >= 0.6 is 24.8 Å². The Kier molecular flexibility index (Phi) is 10.2. The van der Waals surface area contributed by atoms with Crippen molar-refractivity contribution in [2.45, 2.75) is 19.4 Å². The van der Waals surface area contributed by atoms with Crippen LogP contribution in [0.4, 0.5) is 5.69 Å². The van der Waals surface area contributed by atoms with Crippen molar-refractivity contribution >= 4 is 36.4 Å². The fraction of sp³-hybridized carbons (Fsp3) is 0.250. The number of nitrogens with one attached hydrogen (secondary N) is 2. The molecule has 2 rings (SSSR count). The van der Waals surface area contributed by atoms with Gasteiger partial charge in [-0.1, -0.05) is 18.2 Å². The van der Waals surface area contributed by atoms with Gasteiger partial charge in [0.2, 0.25) is 5.91 Å². The molecule has 0 atom stereocenters. The molecule has 0 unspecified atom stereocenters. The van der Waals surface area contributed by atoms with Gasteiger partial charge in [0, 0.05) is 31.0 Å². The van der Waals surface area contributed by atoms with Crippen molar-refractivity contribution < 1.29 is 4.79 Å². The summed E-state index contributed by atoms with van der Waals surface area (Å²) >= 11 is 0. The lowest BCUT2D eigenvalue weighted by molar-refractivity contribution is -0.116. The van der Waals surface area contributed by atoms with Crippen LogP contribution in [0.15, 0.2) is 48.8 Å². The fourth-order valence-corrected chi connectivity index (χ4v) is 2.01. The lowest BCUT2D eigenvalue weighted by Crippen LogP contribution is -2.15. The normalized spacial score (nSPS) is 9.32. The van der Waals surface area contributed by atoms with Crippen LogP contribution in [0, 0.1) is 0 Å². The minimum atomic E-state index is 0. The highest BCUT2D eigenvalue weighted by molar-refractivity contribution is 5.91. The molecule has 1 aromatic carbocycles. The zero-order chi connectivity index (χ0) is 14.2. The fourth-order valence-electron chi connectivity index (χ4n) is 2.01. The maximum absolute atomic E-state index is 12.0. The molecule has 0 fully saturated rings. The van der Waals surface area contributed by atoms with Crippen LogP contribution < -0.4 is 10.6 Å². The van der Waals surface area contributed by atoms with Crippen molar-refractivity contribution in [1.82, 2.24) is 10.3 Å². The third-order valence-electron chi connectivity index (χ3n) is 3.05. The van der Waals surface area contributed by atoms with Gasteiger partial charge in [0.05, 0.1) is 0 Å². The highest BCUT2D eigenvalue weighted by Crippen LogP contribution is 2.15. The van der Waals surface area contributed by atoms with Gasteiger partial charge in [0.25, 0.3) is 0 Å². The molecule has 4 nitrogen and oxygen atoms in total. The summed E-state index contributed by atoms with van der Waals surface area (Å²) in [5.74, 6) is 0.0327. The van der Waals surface area contributed by atoms with Crippen LogP contribution in [0.25, 0.3) is 0 Å². The number of halogens is 2. The Bertz CT molecular complexity index is 564. The second kappa shape index (κ2) is 11.0. The van der Waals surface area contributed by atoms with E-state index in [0.29, 0.717) is 6.42 Å². The van der Waals surface area contributed by atoms with Crippen molar-refractivity contribution in [3.05, 3.63) is 59.9 Å². The van der Waals surface area contributed by atoms with E-state index in [0.717, 1.165) is 29.8 Å². The molecule has 0 aliphatic rings. The summed E-state index contributed by atoms with van der Waals surface area (Å²) in [4.78, 5) is 16.0. The van der Waals surface area contributed by atoms with Gasteiger partial charge in [-0.05, 0) is 42.8 Å². The lowest BCUT2D eigenvalue weighted by atomic mass is 10.1. The first kappa shape index (κ1) is 20.4. The molecule has 22 heavy (non-hydrogen) atoms. The van der Waals surface area contributed by atoms with E-state index in [4.69, 9.17) is 0 Å². The SMILES string of the molecule is CNCc1ccccc1NC(=O)CCc1ccncc1.Cl.Cl. The number of carbonyl (C=O) groups is 1. The van der Waals surface area contributed by atoms with Crippen LogP contribution in [-0.2, 0) is 17.8 Å².